The van der Waals surface area contributed by atoms with Gasteiger partial charge in [0.25, 0.3) is 0 Å². The molecule has 0 aliphatic rings. The van der Waals surface area contributed by atoms with Gasteiger partial charge in [0.1, 0.15) is 0 Å². The summed E-state index contributed by atoms with van der Waals surface area (Å²) in [6.07, 6.45) is 0.937. The molecule has 6 heteroatoms. The number of thiazole rings is 1. The Hall–Kier alpha value is -1.95. The van der Waals surface area contributed by atoms with Crippen LogP contribution in [-0.2, 0) is 16.0 Å². The largest absolute Gasteiger partial charge is 0.481 e. The first-order valence-corrected chi connectivity index (χ1v) is 7.60. The Morgan fingerprint density at radius 1 is 1.38 bits per heavy atom. The van der Waals surface area contributed by atoms with Gasteiger partial charge in [0.2, 0.25) is 5.91 Å². The highest BCUT2D eigenvalue weighted by Crippen LogP contribution is 2.22. The van der Waals surface area contributed by atoms with Crippen LogP contribution in [0.1, 0.15) is 18.4 Å². The molecule has 0 spiro atoms. The molecule has 0 saturated carbocycles. The SMILES string of the molecule is CC(CN(C)C(=O)CCc1nc2ccccc2s1)C(=O)O. The number of aromatic nitrogens is 1. The Balaban J connectivity index is 1.89. The number of hydrogen-bond donors (Lipinski definition) is 1. The summed E-state index contributed by atoms with van der Waals surface area (Å²) < 4.78 is 1.12. The lowest BCUT2D eigenvalue weighted by Gasteiger charge is -2.19. The van der Waals surface area contributed by atoms with E-state index < -0.39 is 11.9 Å². The van der Waals surface area contributed by atoms with Crippen molar-refractivity contribution in [2.24, 2.45) is 5.92 Å². The minimum absolute atomic E-state index is 0.0534. The Morgan fingerprint density at radius 3 is 2.76 bits per heavy atom. The van der Waals surface area contributed by atoms with E-state index in [4.69, 9.17) is 5.11 Å². The Morgan fingerprint density at radius 2 is 2.10 bits per heavy atom. The molecular formula is C15H18N2O3S. The Kier molecular flexibility index (Phi) is 4.90. The molecule has 0 fully saturated rings. The van der Waals surface area contributed by atoms with Crippen molar-refractivity contribution in [1.82, 2.24) is 9.88 Å². The molecular weight excluding hydrogens is 288 g/mol. The van der Waals surface area contributed by atoms with E-state index in [9.17, 15) is 9.59 Å². The number of carbonyl (C=O) groups is 2. The van der Waals surface area contributed by atoms with Crippen molar-refractivity contribution in [1.29, 1.82) is 0 Å². The third kappa shape index (κ3) is 4.01. The number of fused-ring (bicyclic) bond motifs is 1. The van der Waals surface area contributed by atoms with Crippen molar-refractivity contribution in [3.05, 3.63) is 29.3 Å². The highest BCUT2D eigenvalue weighted by Gasteiger charge is 2.17. The van der Waals surface area contributed by atoms with Gasteiger partial charge < -0.3 is 10.0 Å². The van der Waals surface area contributed by atoms with E-state index in [1.54, 1.807) is 25.3 Å². The fraction of sp³-hybridized carbons (Fsp3) is 0.400. The van der Waals surface area contributed by atoms with Crippen LogP contribution in [0, 0.1) is 5.92 Å². The van der Waals surface area contributed by atoms with Crippen molar-refractivity contribution in [3.8, 4) is 0 Å². The molecule has 0 aliphatic carbocycles. The van der Waals surface area contributed by atoms with Gasteiger partial charge in [0, 0.05) is 26.4 Å². The molecule has 1 unspecified atom stereocenters. The van der Waals surface area contributed by atoms with Gasteiger partial charge in [-0.15, -0.1) is 11.3 Å². The average molecular weight is 306 g/mol. The standard InChI is InChI=1S/C15H18N2O3S/c1-10(15(19)20)9-17(2)14(18)8-7-13-16-11-5-3-4-6-12(11)21-13/h3-6,10H,7-9H2,1-2H3,(H,19,20). The van der Waals surface area contributed by atoms with Crippen LogP contribution >= 0.6 is 11.3 Å². The summed E-state index contributed by atoms with van der Waals surface area (Å²) >= 11 is 1.59. The fourth-order valence-electron chi connectivity index (χ4n) is 2.02. The third-order valence-electron chi connectivity index (χ3n) is 3.29. The molecule has 5 nitrogen and oxygen atoms in total. The molecule has 21 heavy (non-hydrogen) atoms. The zero-order valence-electron chi connectivity index (χ0n) is 12.1. The number of amides is 1. The normalized spacial score (nSPS) is 12.3. The lowest BCUT2D eigenvalue weighted by atomic mass is 10.1. The van der Waals surface area contributed by atoms with Crippen molar-refractivity contribution in [2.75, 3.05) is 13.6 Å². The smallest absolute Gasteiger partial charge is 0.308 e. The minimum Gasteiger partial charge on any atom is -0.481 e. The van der Waals surface area contributed by atoms with E-state index in [1.165, 1.54) is 4.90 Å². The highest BCUT2D eigenvalue weighted by atomic mass is 32.1. The van der Waals surface area contributed by atoms with E-state index >= 15 is 0 Å². The van der Waals surface area contributed by atoms with Gasteiger partial charge in [-0.2, -0.15) is 0 Å². The maximum atomic E-state index is 12.0. The summed E-state index contributed by atoms with van der Waals surface area (Å²) in [5, 5.41) is 9.79. The lowest BCUT2D eigenvalue weighted by Crippen LogP contribution is -2.33. The lowest BCUT2D eigenvalue weighted by molar-refractivity contribution is -0.142. The highest BCUT2D eigenvalue weighted by molar-refractivity contribution is 7.18. The Labute approximate surface area is 127 Å². The van der Waals surface area contributed by atoms with Gasteiger partial charge >= 0.3 is 5.97 Å². The van der Waals surface area contributed by atoms with E-state index in [1.807, 2.05) is 24.3 Å². The first-order chi connectivity index (χ1) is 9.97. The molecule has 0 bridgehead atoms. The molecule has 1 aromatic carbocycles. The van der Waals surface area contributed by atoms with E-state index in [0.717, 1.165) is 15.2 Å². The van der Waals surface area contributed by atoms with Gasteiger partial charge in [0.05, 0.1) is 21.1 Å². The molecule has 2 rings (SSSR count). The number of aryl methyl sites for hydroxylation is 1. The second-order valence-electron chi connectivity index (χ2n) is 5.09. The first kappa shape index (κ1) is 15.4. The number of rotatable bonds is 6. The summed E-state index contributed by atoms with van der Waals surface area (Å²) in [5.41, 5.74) is 0.956. The zero-order chi connectivity index (χ0) is 15.4. The molecule has 2 aromatic rings. The van der Waals surface area contributed by atoms with Crippen molar-refractivity contribution in [2.45, 2.75) is 19.8 Å². The first-order valence-electron chi connectivity index (χ1n) is 6.78. The second-order valence-corrected chi connectivity index (χ2v) is 6.20. The molecule has 0 saturated heterocycles. The zero-order valence-corrected chi connectivity index (χ0v) is 12.9. The predicted molar refractivity (Wildman–Crippen MR) is 82.4 cm³/mol. The molecule has 0 aliphatic heterocycles. The molecule has 112 valence electrons. The van der Waals surface area contributed by atoms with Crippen molar-refractivity contribution < 1.29 is 14.7 Å². The van der Waals surface area contributed by atoms with Crippen LogP contribution in [0.2, 0.25) is 0 Å². The number of nitrogens with zero attached hydrogens (tertiary/aromatic N) is 2. The van der Waals surface area contributed by atoms with Crippen LogP contribution in [0.25, 0.3) is 10.2 Å². The number of carboxylic acids is 1. The van der Waals surface area contributed by atoms with Gasteiger partial charge in [-0.25, -0.2) is 4.98 Å². The predicted octanol–water partition coefficient (Wildman–Crippen LogP) is 2.41. The number of para-hydroxylation sites is 1. The van der Waals surface area contributed by atoms with Gasteiger partial charge in [-0.05, 0) is 12.1 Å². The van der Waals surface area contributed by atoms with Crippen LogP contribution < -0.4 is 0 Å². The third-order valence-corrected chi connectivity index (χ3v) is 4.38. The van der Waals surface area contributed by atoms with Gasteiger partial charge in [-0.3, -0.25) is 9.59 Å². The summed E-state index contributed by atoms with van der Waals surface area (Å²) in [4.78, 5) is 28.8. The molecule has 1 aromatic heterocycles. The van der Waals surface area contributed by atoms with Crippen molar-refractivity contribution in [3.63, 3.8) is 0 Å². The number of carbonyl (C=O) groups excluding carboxylic acids is 1. The maximum Gasteiger partial charge on any atom is 0.308 e. The van der Waals surface area contributed by atoms with Crippen LogP contribution in [0.4, 0.5) is 0 Å². The van der Waals surface area contributed by atoms with Crippen LogP contribution in [0.15, 0.2) is 24.3 Å². The van der Waals surface area contributed by atoms with E-state index in [2.05, 4.69) is 4.98 Å². The topological polar surface area (TPSA) is 70.5 Å². The molecule has 0 radical (unpaired) electrons. The van der Waals surface area contributed by atoms with E-state index in [0.29, 0.717) is 12.8 Å². The summed E-state index contributed by atoms with van der Waals surface area (Å²) in [5.74, 6) is -1.50. The number of aliphatic carboxylic acids is 1. The maximum absolute atomic E-state index is 12.0. The molecule has 1 N–H and O–H groups in total. The molecule has 1 atom stereocenters. The second kappa shape index (κ2) is 6.67. The summed E-state index contributed by atoms with van der Waals surface area (Å²) in [7, 11) is 1.64. The van der Waals surface area contributed by atoms with Gasteiger partial charge in [-0.1, -0.05) is 19.1 Å². The van der Waals surface area contributed by atoms with Crippen LogP contribution in [-0.4, -0.2) is 40.5 Å². The fourth-order valence-corrected chi connectivity index (χ4v) is 2.99. The number of benzene rings is 1. The molecule has 1 heterocycles. The molecule has 1 amide bonds. The number of carboxylic acid groups (broad SMARTS) is 1. The Bertz CT molecular complexity index is 620. The quantitative estimate of drug-likeness (QED) is 0.889. The monoisotopic (exact) mass is 306 g/mol. The average Bonchev–Trinajstić information content (AvgIpc) is 2.87. The van der Waals surface area contributed by atoms with E-state index in [-0.39, 0.29) is 12.5 Å². The minimum atomic E-state index is -0.888. The van der Waals surface area contributed by atoms with Crippen LogP contribution in [0.5, 0.6) is 0 Å². The summed E-state index contributed by atoms with van der Waals surface area (Å²) in [6.45, 7) is 1.83. The van der Waals surface area contributed by atoms with Crippen molar-refractivity contribution >= 4 is 33.4 Å². The number of hydrogen-bond acceptors (Lipinski definition) is 4. The summed E-state index contributed by atoms with van der Waals surface area (Å²) in [6, 6.07) is 7.88. The van der Waals surface area contributed by atoms with Gasteiger partial charge in [0.15, 0.2) is 0 Å². The van der Waals surface area contributed by atoms with Crippen LogP contribution in [0.3, 0.4) is 0 Å².